The molecular formula is C63H116FN6NaO2. The fourth-order valence-electron chi connectivity index (χ4n) is 18.2. The summed E-state index contributed by atoms with van der Waals surface area (Å²) >= 11 is 0. The van der Waals surface area contributed by atoms with Gasteiger partial charge in [-0.15, -0.1) is 0 Å². The second kappa shape index (κ2) is 32.1. The Hall–Kier alpha value is -1.05. The van der Waals surface area contributed by atoms with E-state index in [4.69, 9.17) is 27.4 Å². The Bertz CT molecular complexity index is 1770. The molecule has 10 heteroatoms. The van der Waals surface area contributed by atoms with E-state index >= 15 is 0 Å². The largest absolute Gasteiger partial charge is 1.00 e. The molecule has 16 atom stereocenters. The van der Waals surface area contributed by atoms with E-state index in [0.29, 0.717) is 47.0 Å². The van der Waals surface area contributed by atoms with Gasteiger partial charge in [0, 0.05) is 18.1 Å². The van der Waals surface area contributed by atoms with Gasteiger partial charge in [-0.2, -0.15) is 0 Å². The fourth-order valence-corrected chi connectivity index (χ4v) is 18.2. The number of allylic oxidation sites excluding steroid dienone is 2. The Morgan fingerprint density at radius 1 is 0.630 bits per heavy atom. The number of halogens is 1. The first-order chi connectivity index (χ1) is 33.4. The van der Waals surface area contributed by atoms with E-state index in [1.807, 2.05) is 0 Å². The van der Waals surface area contributed by atoms with Crippen molar-refractivity contribution in [1.82, 2.24) is 0 Å². The maximum absolute atomic E-state index is 9.96. The third-order valence-corrected chi connectivity index (χ3v) is 21.7. The predicted molar refractivity (Wildman–Crippen MR) is 307 cm³/mol. The first-order valence-corrected chi connectivity index (χ1v) is 28.9. The third kappa shape index (κ3) is 16.1. The summed E-state index contributed by atoms with van der Waals surface area (Å²) in [7, 11) is -1.00. The first-order valence-electron chi connectivity index (χ1n) is 29.6. The van der Waals surface area contributed by atoms with Gasteiger partial charge in [-0.3, -0.25) is 9.30 Å². The van der Waals surface area contributed by atoms with Crippen LogP contribution in [0, 0.1) is 92.7 Å². The Kier molecular flexibility index (Phi) is 30.0. The van der Waals surface area contributed by atoms with E-state index in [0.717, 1.165) is 96.9 Å². The molecule has 418 valence electrons. The number of hydrogen-bond acceptors (Lipinski definition) is 3. The van der Waals surface area contributed by atoms with Crippen LogP contribution >= 0.6 is 0 Å². The standard InChI is InChI=1S/C30H52O.C29H49N3O.CH3F.3CH4.N3.Na/c1-7-19-31-24-15-17-29(5)23(20-24)11-12-25-27-14-13-26(22(4)10-8-9-21(2)3)30(27,6)18-16-28(25)29;1-20(2)7-6-8-21(3)25-11-12-26-24-10-9-22-19-23(33-18-17-31-32-30)13-15-28(22,4)27(24)14-16-29(25,26)5;1-2;;;;1-3-2;/h11,21-22,24-28H,7-10,12-20H2,1-6H3;9,20-21,23-27H,6-8,10-19H2,1-5H3;1H3;3*1H4;;/q;;;;;;-1;+1/t22-,24+,25+,26-,27+,28+,29+,30-;21-,23+,24+,25-,26+,27+,28+,29-;;;;;;/m11....../s1/i;;1D;;;;;. The van der Waals surface area contributed by atoms with Crippen molar-refractivity contribution in [3.8, 4) is 0 Å². The minimum absolute atomic E-state index is 0. The minimum Gasteiger partial charge on any atom is -0.378 e. The quantitative estimate of drug-likeness (QED) is 0.0359. The van der Waals surface area contributed by atoms with Crippen LogP contribution in [0.4, 0.5) is 4.39 Å². The monoisotopic (exact) mass is 1030 g/mol. The van der Waals surface area contributed by atoms with Crippen LogP contribution in [0.1, 0.15) is 247 Å². The average Bonchev–Trinajstić information content (AvgIpc) is 3.87. The summed E-state index contributed by atoms with van der Waals surface area (Å²) < 4.78 is 27.8. The molecule has 6 saturated carbocycles. The van der Waals surface area contributed by atoms with Gasteiger partial charge in [-0.1, -0.05) is 165 Å². The molecule has 0 aromatic carbocycles. The van der Waals surface area contributed by atoms with Gasteiger partial charge in [0.25, 0.3) is 0 Å². The zero-order valence-electron chi connectivity index (χ0n) is 48.2. The third-order valence-electron chi connectivity index (χ3n) is 21.7. The molecule has 0 amide bonds. The van der Waals surface area contributed by atoms with Crippen molar-refractivity contribution < 1.29 is 44.8 Å². The summed E-state index contributed by atoms with van der Waals surface area (Å²) in [5, 5.41) is 3.63. The molecule has 8 nitrogen and oxygen atoms in total. The van der Waals surface area contributed by atoms with E-state index in [-0.39, 0.29) is 51.8 Å². The predicted octanol–water partition coefficient (Wildman–Crippen LogP) is 17.9. The molecule has 8 rings (SSSR count). The van der Waals surface area contributed by atoms with Crippen LogP contribution in [-0.4, -0.2) is 39.1 Å². The molecule has 0 aromatic heterocycles. The topological polar surface area (TPSA) is 126 Å². The summed E-state index contributed by atoms with van der Waals surface area (Å²) in [5.74, 6) is 11.0. The van der Waals surface area contributed by atoms with Gasteiger partial charge >= 0.3 is 29.6 Å². The molecule has 73 heavy (non-hydrogen) atoms. The van der Waals surface area contributed by atoms with E-state index in [1.54, 1.807) is 11.1 Å². The van der Waals surface area contributed by atoms with Gasteiger partial charge in [0.15, 0.2) is 0 Å². The summed E-state index contributed by atoms with van der Waals surface area (Å²) in [6.45, 7) is 29.5. The average molecular weight is 1030 g/mol. The fraction of sp³-hybridized carbons (Fsp3) is 0.937. The van der Waals surface area contributed by atoms with Crippen LogP contribution in [0.25, 0.3) is 26.4 Å². The second-order valence-electron chi connectivity index (χ2n) is 26.1. The molecule has 0 aromatic rings. The maximum Gasteiger partial charge on any atom is 1.00 e. The van der Waals surface area contributed by atoms with Crippen molar-refractivity contribution in [2.75, 3.05) is 26.9 Å². The molecule has 0 unspecified atom stereocenters. The number of ether oxygens (including phenoxy) is 2. The Morgan fingerprint density at radius 3 is 1.40 bits per heavy atom. The molecule has 0 spiro atoms. The Labute approximate surface area is 474 Å². The molecule has 0 heterocycles. The Morgan fingerprint density at radius 2 is 1.03 bits per heavy atom. The number of fused-ring (bicyclic) bond motifs is 10. The molecule has 0 aliphatic heterocycles. The molecule has 8 aliphatic carbocycles. The molecule has 0 bridgehead atoms. The van der Waals surface area contributed by atoms with Crippen molar-refractivity contribution >= 4 is 0 Å². The first kappa shape index (κ1) is 68.1. The van der Waals surface area contributed by atoms with E-state index in [2.05, 4.69) is 98.3 Å². The second-order valence-corrected chi connectivity index (χ2v) is 26.1. The molecule has 0 N–H and O–H groups in total. The zero-order chi connectivity index (χ0) is 51.3. The van der Waals surface area contributed by atoms with Crippen molar-refractivity contribution in [3.05, 3.63) is 49.7 Å². The van der Waals surface area contributed by atoms with Crippen molar-refractivity contribution in [2.45, 2.75) is 258 Å². The summed E-state index contributed by atoms with van der Waals surface area (Å²) in [5.41, 5.74) is 27.5. The minimum atomic E-state index is -1.00. The van der Waals surface area contributed by atoms with Crippen LogP contribution < -0.4 is 29.6 Å². The molecule has 8 aliphatic rings. The number of hydrogen-bond donors (Lipinski definition) is 0. The summed E-state index contributed by atoms with van der Waals surface area (Å²) in [4.78, 5) is 4.34. The van der Waals surface area contributed by atoms with E-state index in [1.165, 1.54) is 133 Å². The SMILES string of the molecule is C.C.C.CC(C)CCC[C@@H](C)[C@H]1CC[C@H]2[C@@H]3CC=C4C[C@@H](OCCN=[N+]=[N-])CC[C@]4(C)[C@H]3CC[C@]12C.CCCO[C@H]1CC[C@@]2(C)C(=CC[C@H]3[C@@H]4CC[C@H]([C@H](C)CCCC(C)C)[C@@]4(C)CC[C@@H]32)C1.[2H]CF.[N-]=[N+]=[N-].[Na+]. The van der Waals surface area contributed by atoms with Gasteiger partial charge in [0.2, 0.25) is 0 Å². The number of alkyl halides is 1. The molecule has 0 radical (unpaired) electrons. The van der Waals surface area contributed by atoms with Gasteiger partial charge in [0.1, 0.15) is 0 Å². The van der Waals surface area contributed by atoms with Crippen LogP contribution in [0.2, 0.25) is 0 Å². The number of rotatable bonds is 17. The van der Waals surface area contributed by atoms with Crippen LogP contribution in [-0.2, 0) is 9.47 Å². The van der Waals surface area contributed by atoms with Crippen molar-refractivity contribution in [2.24, 2.45) is 97.8 Å². The maximum atomic E-state index is 9.96. The normalized spacial score (nSPS) is 37.2. The molecular weight excluding hydrogens is 915 g/mol. The molecule has 6 fully saturated rings. The number of nitrogens with zero attached hydrogens (tertiary/aromatic N) is 6. The summed E-state index contributed by atoms with van der Waals surface area (Å²) in [6, 6.07) is 0. The zero-order valence-corrected chi connectivity index (χ0v) is 49.2. The van der Waals surface area contributed by atoms with Gasteiger partial charge < -0.3 is 20.5 Å². The number of azide groups is 1. The molecule has 0 saturated heterocycles. The van der Waals surface area contributed by atoms with Crippen molar-refractivity contribution in [3.63, 3.8) is 0 Å². The smallest absolute Gasteiger partial charge is 0.378 e. The summed E-state index contributed by atoms with van der Waals surface area (Å²) in [6.07, 6.45) is 37.8. The van der Waals surface area contributed by atoms with E-state index < -0.39 is 7.15 Å². The van der Waals surface area contributed by atoms with Gasteiger partial charge in [-0.25, -0.2) is 0 Å². The van der Waals surface area contributed by atoms with Crippen molar-refractivity contribution in [1.29, 1.82) is 0 Å². The van der Waals surface area contributed by atoms with Crippen LogP contribution in [0.3, 0.4) is 0 Å². The Balaban J connectivity index is 0.000000638. The van der Waals surface area contributed by atoms with Crippen LogP contribution in [0.5, 0.6) is 0 Å². The van der Waals surface area contributed by atoms with Crippen LogP contribution in [0.15, 0.2) is 28.4 Å². The van der Waals surface area contributed by atoms with Gasteiger partial charge in [0.05, 0.1) is 27.3 Å². The van der Waals surface area contributed by atoms with E-state index in [9.17, 15) is 4.39 Å². The van der Waals surface area contributed by atoms with Gasteiger partial charge in [-0.05, 0) is 207 Å².